The van der Waals surface area contributed by atoms with Gasteiger partial charge in [-0.2, -0.15) is 0 Å². The normalized spacial score (nSPS) is 22.3. The molecular weight excluding hydrogens is 268 g/mol. The quantitative estimate of drug-likeness (QED) is 0.906. The molecule has 1 aromatic rings. The largest absolute Gasteiger partial charge is 0.481 e. The molecule has 21 heavy (non-hydrogen) atoms. The maximum Gasteiger partial charge on any atom is 0.303 e. The van der Waals surface area contributed by atoms with Crippen LogP contribution in [0.3, 0.4) is 0 Å². The number of amides is 1. The Bertz CT molecular complexity index is 533. The van der Waals surface area contributed by atoms with Gasteiger partial charge in [0, 0.05) is 31.7 Å². The Kier molecular flexibility index (Phi) is 3.99. The fourth-order valence-corrected chi connectivity index (χ4v) is 3.30. The molecule has 1 saturated carbocycles. The monoisotopic (exact) mass is 290 g/mol. The van der Waals surface area contributed by atoms with Crippen molar-refractivity contribution in [2.24, 2.45) is 5.92 Å². The summed E-state index contributed by atoms with van der Waals surface area (Å²) in [5.74, 6) is -0.319. The first-order valence-corrected chi connectivity index (χ1v) is 7.83. The van der Waals surface area contributed by atoms with Gasteiger partial charge >= 0.3 is 5.97 Å². The molecular formula is C16H22N2O3. The van der Waals surface area contributed by atoms with Crippen LogP contribution in [0.1, 0.15) is 55.1 Å². The molecule has 1 aromatic heterocycles. The van der Waals surface area contributed by atoms with Crippen molar-refractivity contribution in [3.8, 4) is 0 Å². The van der Waals surface area contributed by atoms with E-state index in [0.717, 1.165) is 31.5 Å². The molecule has 0 radical (unpaired) electrons. The Balaban J connectivity index is 1.61. The summed E-state index contributed by atoms with van der Waals surface area (Å²) < 4.78 is 2.12. The summed E-state index contributed by atoms with van der Waals surface area (Å²) >= 11 is 0. The SMILES string of the molecule is O=C(O)CCC1CCN(C(=O)c2cccn2C2CCC2)C1. The van der Waals surface area contributed by atoms with Crippen LogP contribution in [0, 0.1) is 5.92 Å². The van der Waals surface area contributed by atoms with E-state index >= 15 is 0 Å². The summed E-state index contributed by atoms with van der Waals surface area (Å²) in [6, 6.07) is 4.35. The zero-order chi connectivity index (χ0) is 14.8. The molecule has 5 heteroatoms. The van der Waals surface area contributed by atoms with Crippen LogP contribution >= 0.6 is 0 Å². The van der Waals surface area contributed by atoms with E-state index in [1.54, 1.807) is 0 Å². The molecule has 2 fully saturated rings. The number of rotatable bonds is 5. The number of hydrogen-bond donors (Lipinski definition) is 1. The fourth-order valence-electron chi connectivity index (χ4n) is 3.30. The number of aromatic nitrogens is 1. The predicted octanol–water partition coefficient (Wildman–Crippen LogP) is 2.54. The molecule has 3 rings (SSSR count). The Hall–Kier alpha value is -1.78. The maximum atomic E-state index is 12.6. The Morgan fingerprint density at radius 3 is 2.76 bits per heavy atom. The number of nitrogens with zero attached hydrogens (tertiary/aromatic N) is 2. The van der Waals surface area contributed by atoms with Gasteiger partial charge in [0.15, 0.2) is 0 Å². The molecule has 1 amide bonds. The van der Waals surface area contributed by atoms with Gasteiger partial charge in [-0.15, -0.1) is 0 Å². The second-order valence-electron chi connectivity index (χ2n) is 6.22. The minimum Gasteiger partial charge on any atom is -0.481 e. The number of carbonyl (C=O) groups is 2. The van der Waals surface area contributed by atoms with Gasteiger partial charge in [-0.1, -0.05) is 0 Å². The number of aliphatic carboxylic acids is 1. The maximum absolute atomic E-state index is 12.6. The number of carbonyl (C=O) groups excluding carboxylic acids is 1. The molecule has 0 spiro atoms. The minimum absolute atomic E-state index is 0.102. The van der Waals surface area contributed by atoms with Crippen molar-refractivity contribution in [3.05, 3.63) is 24.0 Å². The van der Waals surface area contributed by atoms with E-state index in [-0.39, 0.29) is 12.3 Å². The molecule has 2 heterocycles. The molecule has 5 nitrogen and oxygen atoms in total. The van der Waals surface area contributed by atoms with Crippen LogP contribution in [-0.4, -0.2) is 39.5 Å². The van der Waals surface area contributed by atoms with E-state index in [4.69, 9.17) is 5.11 Å². The molecule has 1 unspecified atom stereocenters. The van der Waals surface area contributed by atoms with Gasteiger partial charge in [0.25, 0.3) is 5.91 Å². The second-order valence-corrected chi connectivity index (χ2v) is 6.22. The first-order chi connectivity index (χ1) is 10.1. The van der Waals surface area contributed by atoms with Crippen LogP contribution < -0.4 is 0 Å². The van der Waals surface area contributed by atoms with Crippen molar-refractivity contribution in [2.75, 3.05) is 13.1 Å². The predicted molar refractivity (Wildman–Crippen MR) is 78.2 cm³/mol. The van der Waals surface area contributed by atoms with E-state index in [9.17, 15) is 9.59 Å². The summed E-state index contributed by atoms with van der Waals surface area (Å²) in [4.78, 5) is 25.2. The van der Waals surface area contributed by atoms with Gasteiger partial charge in [0.2, 0.25) is 0 Å². The van der Waals surface area contributed by atoms with Crippen molar-refractivity contribution in [1.82, 2.24) is 9.47 Å². The summed E-state index contributed by atoms with van der Waals surface area (Å²) in [6.45, 7) is 1.45. The van der Waals surface area contributed by atoms with Crippen LogP contribution in [0.4, 0.5) is 0 Å². The highest BCUT2D eigenvalue weighted by Gasteiger charge is 2.30. The van der Waals surface area contributed by atoms with Gasteiger partial charge in [0.05, 0.1) is 0 Å². The average molecular weight is 290 g/mol. The highest BCUT2D eigenvalue weighted by molar-refractivity contribution is 5.93. The van der Waals surface area contributed by atoms with Crippen molar-refractivity contribution < 1.29 is 14.7 Å². The molecule has 114 valence electrons. The lowest BCUT2D eigenvalue weighted by molar-refractivity contribution is -0.137. The van der Waals surface area contributed by atoms with Gasteiger partial charge in [-0.3, -0.25) is 9.59 Å². The van der Waals surface area contributed by atoms with Crippen molar-refractivity contribution in [1.29, 1.82) is 0 Å². The number of likely N-dealkylation sites (tertiary alicyclic amines) is 1. The lowest BCUT2D eigenvalue weighted by Gasteiger charge is -2.29. The summed E-state index contributed by atoms with van der Waals surface area (Å²) in [6.07, 6.45) is 7.37. The van der Waals surface area contributed by atoms with Gasteiger partial charge in [-0.05, 0) is 50.2 Å². The van der Waals surface area contributed by atoms with Gasteiger partial charge in [-0.25, -0.2) is 0 Å². The van der Waals surface area contributed by atoms with Crippen molar-refractivity contribution in [3.63, 3.8) is 0 Å². The highest BCUT2D eigenvalue weighted by atomic mass is 16.4. The third-order valence-electron chi connectivity index (χ3n) is 4.81. The zero-order valence-corrected chi connectivity index (χ0v) is 12.2. The van der Waals surface area contributed by atoms with Crippen LogP contribution in [0.2, 0.25) is 0 Å². The molecule has 0 aromatic carbocycles. The Morgan fingerprint density at radius 2 is 2.10 bits per heavy atom. The first kappa shape index (κ1) is 14.2. The van der Waals surface area contributed by atoms with E-state index in [2.05, 4.69) is 4.57 Å². The van der Waals surface area contributed by atoms with Crippen LogP contribution in [-0.2, 0) is 4.79 Å². The van der Waals surface area contributed by atoms with E-state index < -0.39 is 5.97 Å². The summed E-state index contributed by atoms with van der Waals surface area (Å²) in [5.41, 5.74) is 0.790. The summed E-state index contributed by atoms with van der Waals surface area (Å²) in [7, 11) is 0. The van der Waals surface area contributed by atoms with Crippen LogP contribution in [0.5, 0.6) is 0 Å². The number of carboxylic acids is 1. The van der Waals surface area contributed by atoms with Crippen LogP contribution in [0.15, 0.2) is 18.3 Å². The summed E-state index contributed by atoms with van der Waals surface area (Å²) in [5, 5.41) is 8.75. The van der Waals surface area contributed by atoms with E-state index in [1.165, 1.54) is 6.42 Å². The highest BCUT2D eigenvalue weighted by Crippen LogP contribution is 2.33. The molecule has 1 aliphatic heterocycles. The van der Waals surface area contributed by atoms with E-state index in [1.807, 2.05) is 23.2 Å². The minimum atomic E-state index is -0.751. The third-order valence-corrected chi connectivity index (χ3v) is 4.81. The van der Waals surface area contributed by atoms with Crippen molar-refractivity contribution in [2.45, 2.75) is 44.6 Å². The molecule has 1 atom stereocenters. The van der Waals surface area contributed by atoms with Gasteiger partial charge in [0.1, 0.15) is 5.69 Å². The van der Waals surface area contributed by atoms with E-state index in [0.29, 0.717) is 24.9 Å². The smallest absolute Gasteiger partial charge is 0.303 e. The molecule has 1 aliphatic carbocycles. The topological polar surface area (TPSA) is 62.5 Å². The Morgan fingerprint density at radius 1 is 1.29 bits per heavy atom. The first-order valence-electron chi connectivity index (χ1n) is 7.83. The second kappa shape index (κ2) is 5.92. The third kappa shape index (κ3) is 2.96. The Labute approximate surface area is 124 Å². The molecule has 0 bridgehead atoms. The number of carboxylic acid groups (broad SMARTS) is 1. The number of hydrogen-bond acceptors (Lipinski definition) is 2. The lowest BCUT2D eigenvalue weighted by Crippen LogP contribution is -2.32. The van der Waals surface area contributed by atoms with Gasteiger partial charge < -0.3 is 14.6 Å². The lowest BCUT2D eigenvalue weighted by atomic mass is 9.93. The van der Waals surface area contributed by atoms with Crippen molar-refractivity contribution >= 4 is 11.9 Å². The van der Waals surface area contributed by atoms with Crippen LogP contribution in [0.25, 0.3) is 0 Å². The molecule has 1 N–H and O–H groups in total. The zero-order valence-electron chi connectivity index (χ0n) is 12.2. The standard InChI is InChI=1S/C16H22N2O3/c19-15(20)7-6-12-8-10-17(11-12)16(21)14-5-2-9-18(14)13-3-1-4-13/h2,5,9,12-13H,1,3-4,6-8,10-11H2,(H,19,20). The molecule has 1 saturated heterocycles. The molecule has 2 aliphatic rings. The average Bonchev–Trinajstić information content (AvgIpc) is 3.02. The fraction of sp³-hybridized carbons (Fsp3) is 0.625.